The maximum absolute atomic E-state index is 13.3. The topological polar surface area (TPSA) is 84.4 Å². The molecule has 0 aliphatic heterocycles. The number of methoxy groups -OCH3 is 1. The van der Waals surface area contributed by atoms with Crippen LogP contribution in [-0.2, 0) is 4.79 Å². The summed E-state index contributed by atoms with van der Waals surface area (Å²) in [5.41, 5.74) is 0.484. The number of nitrogens with one attached hydrogen (secondary N) is 1. The average Bonchev–Trinajstić information content (AvgIpc) is 3.29. The summed E-state index contributed by atoms with van der Waals surface area (Å²) in [4.78, 5) is 28.1. The number of carbonyl (C=O) groups is 2. The number of rotatable bonds is 6. The Bertz CT molecular complexity index is 813. The van der Waals surface area contributed by atoms with Gasteiger partial charge in [0.1, 0.15) is 11.8 Å². The molecule has 8 heteroatoms. The highest BCUT2D eigenvalue weighted by Gasteiger charge is 2.43. The van der Waals surface area contributed by atoms with Crippen molar-refractivity contribution in [2.45, 2.75) is 51.2 Å². The average molecular weight is 388 g/mol. The van der Waals surface area contributed by atoms with E-state index < -0.39 is 11.6 Å². The van der Waals surface area contributed by atoms with E-state index in [4.69, 9.17) is 4.74 Å². The molecule has 0 spiro atoms. The number of para-hydroxylation sites is 1. The van der Waals surface area contributed by atoms with Gasteiger partial charge in [0.15, 0.2) is 5.69 Å². The Morgan fingerprint density at radius 2 is 2.00 bits per heavy atom. The number of ether oxygens (including phenoxy) is 1. The van der Waals surface area contributed by atoms with E-state index in [0.29, 0.717) is 11.3 Å². The molecule has 144 valence electrons. The Labute approximate surface area is 162 Å². The number of carbonyl (C=O) groups excluding carboxylic acids is 2. The second-order valence-corrected chi connectivity index (χ2v) is 8.23. The lowest BCUT2D eigenvalue weighted by Gasteiger charge is -2.34. The van der Waals surface area contributed by atoms with Gasteiger partial charge >= 0.3 is 0 Å². The van der Waals surface area contributed by atoms with Gasteiger partial charge in [-0.3, -0.25) is 9.59 Å². The SMILES string of the molecule is COc1ccccc1[C@H](C(=O)NC(C)(C)C)N(C(=O)c1csnn1)C1CC1. The van der Waals surface area contributed by atoms with Crippen molar-refractivity contribution in [2.75, 3.05) is 7.11 Å². The van der Waals surface area contributed by atoms with Crippen LogP contribution in [0.25, 0.3) is 0 Å². The number of nitrogens with zero attached hydrogens (tertiary/aromatic N) is 3. The summed E-state index contributed by atoms with van der Waals surface area (Å²) in [5, 5.41) is 8.53. The van der Waals surface area contributed by atoms with Gasteiger partial charge in [-0.15, -0.1) is 5.10 Å². The fourth-order valence-electron chi connectivity index (χ4n) is 2.98. The molecule has 2 amide bonds. The fraction of sp³-hybridized carbons (Fsp3) is 0.474. The monoisotopic (exact) mass is 388 g/mol. The van der Waals surface area contributed by atoms with Crippen LogP contribution in [-0.4, -0.2) is 45.0 Å². The summed E-state index contributed by atoms with van der Waals surface area (Å²) in [7, 11) is 1.56. The molecule has 1 N–H and O–H groups in total. The number of amides is 2. The summed E-state index contributed by atoms with van der Waals surface area (Å²) < 4.78 is 9.28. The molecule has 1 aliphatic carbocycles. The molecule has 1 heterocycles. The Hall–Kier alpha value is -2.48. The molecule has 0 unspecified atom stereocenters. The van der Waals surface area contributed by atoms with E-state index >= 15 is 0 Å². The fourth-order valence-corrected chi connectivity index (χ4v) is 3.41. The molecule has 7 nitrogen and oxygen atoms in total. The van der Waals surface area contributed by atoms with Crippen molar-refractivity contribution in [1.29, 1.82) is 0 Å². The highest BCUT2D eigenvalue weighted by atomic mass is 32.1. The third kappa shape index (κ3) is 4.44. The normalized spacial score (nSPS) is 15.1. The quantitative estimate of drug-likeness (QED) is 0.823. The van der Waals surface area contributed by atoms with Crippen molar-refractivity contribution >= 4 is 23.3 Å². The summed E-state index contributed by atoms with van der Waals surface area (Å²) >= 11 is 1.12. The van der Waals surface area contributed by atoms with Crippen LogP contribution in [0.1, 0.15) is 55.7 Å². The highest BCUT2D eigenvalue weighted by Crippen LogP contribution is 2.39. The summed E-state index contributed by atoms with van der Waals surface area (Å²) in [5.74, 6) is 0.0445. The molecule has 1 aromatic heterocycles. The Balaban J connectivity index is 2.06. The van der Waals surface area contributed by atoms with E-state index in [1.807, 2.05) is 39.0 Å². The minimum absolute atomic E-state index is 0.000157. The summed E-state index contributed by atoms with van der Waals surface area (Å²) in [6, 6.07) is 6.51. The second-order valence-electron chi connectivity index (χ2n) is 7.62. The van der Waals surface area contributed by atoms with Crippen LogP contribution >= 0.6 is 11.5 Å². The van der Waals surface area contributed by atoms with Crippen LogP contribution in [0.4, 0.5) is 0 Å². The van der Waals surface area contributed by atoms with Crippen LogP contribution in [0.5, 0.6) is 5.75 Å². The van der Waals surface area contributed by atoms with E-state index in [2.05, 4.69) is 14.9 Å². The van der Waals surface area contributed by atoms with Gasteiger partial charge in [-0.25, -0.2) is 0 Å². The lowest BCUT2D eigenvalue weighted by molar-refractivity contribution is -0.127. The smallest absolute Gasteiger partial charge is 0.276 e. The molecule has 0 bridgehead atoms. The van der Waals surface area contributed by atoms with E-state index in [1.54, 1.807) is 23.5 Å². The van der Waals surface area contributed by atoms with Gasteiger partial charge in [0.25, 0.3) is 5.91 Å². The van der Waals surface area contributed by atoms with Gasteiger partial charge in [0.2, 0.25) is 5.91 Å². The zero-order chi connectivity index (χ0) is 19.6. The maximum atomic E-state index is 13.3. The third-order valence-electron chi connectivity index (χ3n) is 4.21. The number of aromatic nitrogens is 2. The molecule has 1 atom stereocenters. The van der Waals surface area contributed by atoms with Crippen molar-refractivity contribution < 1.29 is 14.3 Å². The Morgan fingerprint density at radius 1 is 1.30 bits per heavy atom. The van der Waals surface area contributed by atoms with E-state index in [-0.39, 0.29) is 23.6 Å². The number of hydrogen-bond acceptors (Lipinski definition) is 6. The predicted octanol–water partition coefficient (Wildman–Crippen LogP) is 2.81. The highest BCUT2D eigenvalue weighted by molar-refractivity contribution is 7.03. The molecule has 3 rings (SSSR count). The Kier molecular flexibility index (Phi) is 5.46. The van der Waals surface area contributed by atoms with Crippen molar-refractivity contribution in [3.05, 3.63) is 40.9 Å². The Morgan fingerprint density at radius 3 is 2.56 bits per heavy atom. The number of hydrogen-bond donors (Lipinski definition) is 1. The van der Waals surface area contributed by atoms with Crippen LogP contribution in [0.2, 0.25) is 0 Å². The van der Waals surface area contributed by atoms with Crippen molar-refractivity contribution in [3.63, 3.8) is 0 Å². The summed E-state index contributed by atoms with van der Waals surface area (Å²) in [6.07, 6.45) is 1.72. The zero-order valence-corrected chi connectivity index (χ0v) is 16.7. The van der Waals surface area contributed by atoms with Crippen LogP contribution in [0, 0.1) is 0 Å². The lowest BCUT2D eigenvalue weighted by Crippen LogP contribution is -2.50. The molecule has 0 radical (unpaired) electrons. The van der Waals surface area contributed by atoms with E-state index in [0.717, 1.165) is 24.4 Å². The first-order valence-corrected chi connectivity index (χ1v) is 9.70. The second kappa shape index (κ2) is 7.64. The van der Waals surface area contributed by atoms with Gasteiger partial charge in [-0.2, -0.15) is 0 Å². The molecule has 2 aromatic rings. The van der Waals surface area contributed by atoms with Crippen LogP contribution in [0.15, 0.2) is 29.6 Å². The van der Waals surface area contributed by atoms with Gasteiger partial charge in [-0.1, -0.05) is 22.7 Å². The van der Waals surface area contributed by atoms with Gasteiger partial charge in [-0.05, 0) is 51.2 Å². The van der Waals surface area contributed by atoms with E-state index in [1.165, 1.54) is 0 Å². The molecule has 27 heavy (non-hydrogen) atoms. The minimum atomic E-state index is -0.804. The van der Waals surface area contributed by atoms with Crippen LogP contribution < -0.4 is 10.1 Å². The molecule has 0 saturated heterocycles. The van der Waals surface area contributed by atoms with Gasteiger partial charge in [0.05, 0.1) is 7.11 Å². The van der Waals surface area contributed by atoms with Crippen molar-refractivity contribution in [2.24, 2.45) is 0 Å². The van der Waals surface area contributed by atoms with Gasteiger partial charge in [0, 0.05) is 22.5 Å². The first-order valence-electron chi connectivity index (χ1n) is 8.86. The van der Waals surface area contributed by atoms with Gasteiger partial charge < -0.3 is 15.0 Å². The zero-order valence-electron chi connectivity index (χ0n) is 15.9. The minimum Gasteiger partial charge on any atom is -0.496 e. The predicted molar refractivity (Wildman–Crippen MR) is 103 cm³/mol. The maximum Gasteiger partial charge on any atom is 0.276 e. The number of benzene rings is 1. The summed E-state index contributed by atoms with van der Waals surface area (Å²) in [6.45, 7) is 5.74. The molecule has 1 saturated carbocycles. The third-order valence-corrected chi connectivity index (χ3v) is 4.72. The molecular formula is C19H24N4O3S. The first kappa shape index (κ1) is 19.3. The van der Waals surface area contributed by atoms with Crippen LogP contribution in [0.3, 0.4) is 0 Å². The van der Waals surface area contributed by atoms with E-state index in [9.17, 15) is 9.59 Å². The standard InChI is InChI=1S/C19H24N4O3S/c1-19(2,3)20-17(24)16(13-7-5-6-8-15(13)26-4)23(12-9-10-12)18(25)14-11-27-22-21-14/h5-8,11-12,16H,9-10H2,1-4H3,(H,20,24)/t16-/m1/s1. The van der Waals surface area contributed by atoms with Crippen molar-refractivity contribution in [1.82, 2.24) is 19.8 Å². The first-order chi connectivity index (χ1) is 12.8. The molecule has 1 aliphatic rings. The lowest BCUT2D eigenvalue weighted by atomic mass is 10.00. The van der Waals surface area contributed by atoms with Crippen molar-refractivity contribution in [3.8, 4) is 5.75 Å². The molecule has 1 fully saturated rings. The largest absolute Gasteiger partial charge is 0.496 e. The molecule has 1 aromatic carbocycles. The molecular weight excluding hydrogens is 364 g/mol.